The van der Waals surface area contributed by atoms with Crippen molar-refractivity contribution in [2.45, 2.75) is 84.2 Å². The van der Waals surface area contributed by atoms with Crippen molar-refractivity contribution >= 4 is 35.7 Å². The lowest BCUT2D eigenvalue weighted by atomic mass is 9.85. The Bertz CT molecular complexity index is 1800. The van der Waals surface area contributed by atoms with Gasteiger partial charge in [-0.3, -0.25) is 19.2 Å². The molecule has 2 bridgehead atoms. The van der Waals surface area contributed by atoms with Crippen LogP contribution in [0, 0.1) is 17.7 Å². The Morgan fingerprint density at radius 2 is 1.76 bits per heavy atom. The standard InChI is InChI=1S/C42H56FN5O10/c1-25-19-31-37(46-18-9-7-8-17-45-36(50)24-57-47-23-29-13-15-30(43)16-14-29)33(49)22-32(39(31)52)48-41(53)26(2)11-10-12-34(55-5)40(58-42(44)54)28(4)21-27(3)38(51)35(20-25)56-6/h10-16,21-23,25,27,34-35,38,40,46,51H,7-9,17-20,24H2,1-6H3,(H2,44,54)(H,45,50)(H,48,53)/b12-10-,26-11+,28-21+,47-23+/t25-,27+,34+,35+,38-,40+/m1/s1. The third kappa shape index (κ3) is 14.8. The summed E-state index contributed by atoms with van der Waals surface area (Å²) in [5.41, 5.74) is 6.95. The number of aliphatic hydroxyl groups excluding tert-OH is 1. The molecule has 0 saturated carbocycles. The number of nitrogens with zero attached hydrogens (tertiary/aromatic N) is 1. The molecule has 58 heavy (non-hydrogen) atoms. The molecule has 3 amide bonds. The summed E-state index contributed by atoms with van der Waals surface area (Å²) in [5.74, 6) is -3.07. The van der Waals surface area contributed by atoms with Crippen LogP contribution in [0.15, 0.2) is 87.9 Å². The molecule has 0 spiro atoms. The SMILES string of the molecule is CO[C@H]1/C=C\C=C(/C)C(=O)NC2=CC(=O)C(NCCCCCNC(=O)CO/N=C/c3ccc(F)cc3)=C(C[C@@H](C)C[C@H](OC)[C@H](O)[C@@H](C)/C=C(\C)[C@@H]1OC(N)=O)C2=O. The van der Waals surface area contributed by atoms with Gasteiger partial charge in [0.1, 0.15) is 11.9 Å². The molecule has 1 aliphatic carbocycles. The number of rotatable bonds is 14. The van der Waals surface area contributed by atoms with Gasteiger partial charge in [-0.05, 0) is 75.1 Å². The fraction of sp³-hybridized carbons (Fsp3) is 0.476. The number of primary amides is 1. The van der Waals surface area contributed by atoms with Crippen LogP contribution in [0.5, 0.6) is 0 Å². The van der Waals surface area contributed by atoms with Crippen LogP contribution in [0.4, 0.5) is 9.18 Å². The van der Waals surface area contributed by atoms with Gasteiger partial charge in [-0.25, -0.2) is 9.18 Å². The van der Waals surface area contributed by atoms with Crippen LogP contribution >= 0.6 is 0 Å². The molecule has 6 N–H and O–H groups in total. The smallest absolute Gasteiger partial charge is 0.405 e. The molecule has 0 saturated heterocycles. The number of hydrogen-bond donors (Lipinski definition) is 5. The number of nitrogens with one attached hydrogen (secondary N) is 3. The summed E-state index contributed by atoms with van der Waals surface area (Å²) < 4.78 is 29.7. The van der Waals surface area contributed by atoms with Crippen molar-refractivity contribution in [3.8, 4) is 0 Å². The number of Topliss-reactive ketones (excluding diaryl/α,β-unsaturated/α-hetero) is 1. The zero-order valence-corrected chi connectivity index (χ0v) is 33.9. The summed E-state index contributed by atoms with van der Waals surface area (Å²) >= 11 is 0. The van der Waals surface area contributed by atoms with E-state index in [0.717, 1.165) is 6.08 Å². The van der Waals surface area contributed by atoms with Gasteiger partial charge in [-0.2, -0.15) is 0 Å². The van der Waals surface area contributed by atoms with Crippen LogP contribution < -0.4 is 21.7 Å². The molecule has 0 aromatic heterocycles. The van der Waals surface area contributed by atoms with Gasteiger partial charge in [0.15, 0.2) is 12.7 Å². The largest absolute Gasteiger partial charge is 0.439 e. The molecule has 0 radical (unpaired) electrons. The maximum Gasteiger partial charge on any atom is 0.405 e. The first-order valence-corrected chi connectivity index (χ1v) is 19.1. The first-order chi connectivity index (χ1) is 27.6. The van der Waals surface area contributed by atoms with E-state index in [0.29, 0.717) is 49.9 Å². The van der Waals surface area contributed by atoms with Gasteiger partial charge in [0, 0.05) is 50.4 Å². The zero-order valence-electron chi connectivity index (χ0n) is 33.9. The molecular weight excluding hydrogens is 753 g/mol. The highest BCUT2D eigenvalue weighted by molar-refractivity contribution is 6.23. The van der Waals surface area contributed by atoms with Crippen LogP contribution in [-0.4, -0.2) is 99.1 Å². The van der Waals surface area contributed by atoms with Gasteiger partial charge in [0.2, 0.25) is 11.6 Å². The lowest BCUT2D eigenvalue weighted by molar-refractivity contribution is -0.125. The third-order valence-corrected chi connectivity index (χ3v) is 9.61. The van der Waals surface area contributed by atoms with E-state index in [1.807, 2.05) is 6.92 Å². The number of benzene rings is 1. The van der Waals surface area contributed by atoms with Gasteiger partial charge in [0.05, 0.1) is 29.8 Å². The van der Waals surface area contributed by atoms with Crippen LogP contribution in [0.1, 0.15) is 65.4 Å². The van der Waals surface area contributed by atoms with E-state index in [9.17, 15) is 33.5 Å². The third-order valence-electron chi connectivity index (χ3n) is 9.61. The van der Waals surface area contributed by atoms with E-state index in [1.54, 1.807) is 26.0 Å². The lowest BCUT2D eigenvalue weighted by Gasteiger charge is -2.30. The Labute approximate surface area is 338 Å². The number of amides is 3. The normalized spacial score (nSPS) is 26.1. The second-order valence-electron chi connectivity index (χ2n) is 14.3. The van der Waals surface area contributed by atoms with E-state index in [2.05, 4.69) is 21.1 Å². The van der Waals surface area contributed by atoms with Gasteiger partial charge in [-0.15, -0.1) is 0 Å². The number of oxime groups is 1. The van der Waals surface area contributed by atoms with Gasteiger partial charge in [-0.1, -0.05) is 55.4 Å². The van der Waals surface area contributed by atoms with Crippen molar-refractivity contribution in [2.75, 3.05) is 33.9 Å². The fourth-order valence-corrected chi connectivity index (χ4v) is 6.44. The molecule has 316 valence electrons. The van der Waals surface area contributed by atoms with Crippen molar-refractivity contribution in [1.82, 2.24) is 16.0 Å². The second kappa shape index (κ2) is 23.7. The predicted molar refractivity (Wildman–Crippen MR) is 214 cm³/mol. The van der Waals surface area contributed by atoms with Crippen molar-refractivity contribution in [3.05, 3.63) is 94.1 Å². The number of halogens is 1. The molecule has 6 atom stereocenters. The fourth-order valence-electron chi connectivity index (χ4n) is 6.44. The molecule has 15 nitrogen and oxygen atoms in total. The first kappa shape index (κ1) is 46.9. The van der Waals surface area contributed by atoms with Gasteiger partial charge in [0.25, 0.3) is 11.8 Å². The summed E-state index contributed by atoms with van der Waals surface area (Å²) in [6, 6.07) is 5.63. The molecule has 1 heterocycles. The number of ketones is 2. The number of carbonyl (C=O) groups is 5. The lowest BCUT2D eigenvalue weighted by Crippen LogP contribution is -2.38. The Balaban J connectivity index is 1.72. The molecule has 0 fully saturated rings. The first-order valence-electron chi connectivity index (χ1n) is 19.1. The molecule has 3 rings (SSSR count). The number of methoxy groups -OCH3 is 2. The molecule has 1 aromatic carbocycles. The Morgan fingerprint density at radius 1 is 1.05 bits per heavy atom. The number of ether oxygens (including phenoxy) is 3. The maximum absolute atomic E-state index is 14.0. The van der Waals surface area contributed by atoms with E-state index < -0.39 is 53.9 Å². The quantitative estimate of drug-likeness (QED) is 0.0599. The van der Waals surface area contributed by atoms with Crippen molar-refractivity contribution in [3.63, 3.8) is 0 Å². The molecule has 2 aliphatic rings. The summed E-state index contributed by atoms with van der Waals surface area (Å²) in [6.45, 7) is 7.39. The molecule has 16 heteroatoms. The summed E-state index contributed by atoms with van der Waals surface area (Å²) in [6.07, 6.45) is 6.75. The van der Waals surface area contributed by atoms with E-state index >= 15 is 0 Å². The van der Waals surface area contributed by atoms with Crippen molar-refractivity contribution in [2.24, 2.45) is 22.7 Å². The molecule has 0 unspecified atom stereocenters. The Kier molecular flexibility index (Phi) is 19.2. The minimum absolute atomic E-state index is 0.134. The Hall–Kier alpha value is -5.45. The monoisotopic (exact) mass is 809 g/mol. The highest BCUT2D eigenvalue weighted by Gasteiger charge is 2.33. The van der Waals surface area contributed by atoms with E-state index in [-0.39, 0.29) is 53.2 Å². The zero-order chi connectivity index (χ0) is 42.8. The number of carbonyl (C=O) groups excluding carboxylic acids is 5. The predicted octanol–water partition coefficient (Wildman–Crippen LogP) is 3.83. The molecule has 1 aliphatic heterocycles. The van der Waals surface area contributed by atoms with Crippen LogP contribution in [0.25, 0.3) is 0 Å². The van der Waals surface area contributed by atoms with Crippen molar-refractivity contribution in [1.29, 1.82) is 0 Å². The van der Waals surface area contributed by atoms with Gasteiger partial charge < -0.3 is 45.8 Å². The van der Waals surface area contributed by atoms with Gasteiger partial charge >= 0.3 is 6.09 Å². The maximum atomic E-state index is 14.0. The molecule has 1 aromatic rings. The number of allylic oxidation sites excluding steroid dienone is 4. The molecular formula is C42H56FN5O10. The Morgan fingerprint density at radius 3 is 2.43 bits per heavy atom. The van der Waals surface area contributed by atoms with E-state index in [4.69, 9.17) is 24.8 Å². The number of aliphatic hydroxyl groups is 1. The highest BCUT2D eigenvalue weighted by atomic mass is 19.1. The van der Waals surface area contributed by atoms with Crippen molar-refractivity contribution < 1.29 is 52.5 Å². The number of hydrogen-bond acceptors (Lipinski definition) is 12. The minimum atomic E-state index is -1.02. The number of fused-ring (bicyclic) bond motifs is 2. The average Bonchev–Trinajstić information content (AvgIpc) is 3.18. The topological polar surface area (TPSA) is 217 Å². The highest BCUT2D eigenvalue weighted by Crippen LogP contribution is 2.29. The van der Waals surface area contributed by atoms with E-state index in [1.165, 1.54) is 63.8 Å². The second-order valence-corrected chi connectivity index (χ2v) is 14.3. The van der Waals surface area contributed by atoms with Crippen LogP contribution in [-0.2, 0) is 38.2 Å². The summed E-state index contributed by atoms with van der Waals surface area (Å²) in [5, 5.41) is 23.6. The summed E-state index contributed by atoms with van der Waals surface area (Å²) in [4.78, 5) is 69.7. The number of unbranched alkanes of at least 4 members (excludes halogenated alkanes) is 2. The van der Waals surface area contributed by atoms with Crippen LogP contribution in [0.2, 0.25) is 0 Å². The summed E-state index contributed by atoms with van der Waals surface area (Å²) in [7, 11) is 2.90. The number of nitrogens with two attached hydrogens (primary N) is 1. The van der Waals surface area contributed by atoms with Crippen LogP contribution in [0.3, 0.4) is 0 Å². The average molecular weight is 810 g/mol. The minimum Gasteiger partial charge on any atom is -0.439 e.